The van der Waals surface area contributed by atoms with Gasteiger partial charge in [-0.2, -0.15) is 0 Å². The van der Waals surface area contributed by atoms with Gasteiger partial charge >= 0.3 is 0 Å². The van der Waals surface area contributed by atoms with Crippen molar-refractivity contribution in [3.05, 3.63) is 335 Å². The quantitative estimate of drug-likeness (QED) is 0.122. The van der Waals surface area contributed by atoms with Crippen molar-refractivity contribution in [2.75, 3.05) is 8.61 Å². The average molecular weight is 1160 g/mol. The van der Waals surface area contributed by atoms with Gasteiger partial charge in [-0.05, 0) is 122 Å². The SMILES string of the molecule is Cc1ccc(-c2c3n(c4ccccc24)[C@H](c2ccccc2)/C(=C/N(c2ccccc2)S(=O)(=O)c2ccc(C)cc2)C3)cc1.Cc1ccc(-c2c3n(c4ccccc24)[C@H](c2ccccc2)/C(=C/N(c2ccccc2)S(=O)(=O)c2ccc(C)cc2)C3)cc1. The summed E-state index contributed by atoms with van der Waals surface area (Å²) in [6.07, 6.45) is 4.96. The summed E-state index contributed by atoms with van der Waals surface area (Å²) in [4.78, 5) is 0.525. The Balaban J connectivity index is 0.000000160. The van der Waals surface area contributed by atoms with E-state index in [1.54, 1.807) is 24.3 Å². The Morgan fingerprint density at radius 1 is 0.349 bits per heavy atom. The van der Waals surface area contributed by atoms with Crippen LogP contribution in [0.1, 0.15) is 56.9 Å². The van der Waals surface area contributed by atoms with Crippen molar-refractivity contribution < 1.29 is 16.8 Å². The summed E-state index contributed by atoms with van der Waals surface area (Å²) in [6, 6.07) is 87.7. The van der Waals surface area contributed by atoms with Gasteiger partial charge in [0.05, 0.1) is 33.2 Å². The van der Waals surface area contributed by atoms with E-state index >= 15 is 0 Å². The predicted octanol–water partition coefficient (Wildman–Crippen LogP) is 17.7. The number of para-hydroxylation sites is 4. The molecule has 0 bridgehead atoms. The number of hydrogen-bond donors (Lipinski definition) is 0. The van der Waals surface area contributed by atoms with Gasteiger partial charge < -0.3 is 9.13 Å². The molecular weight excluding hydrogens is 1100 g/mol. The summed E-state index contributed by atoms with van der Waals surface area (Å²) < 4.78 is 64.9. The number of sulfonamides is 2. The van der Waals surface area contributed by atoms with E-state index in [0.29, 0.717) is 24.2 Å². The molecule has 0 unspecified atom stereocenters. The van der Waals surface area contributed by atoms with Crippen LogP contribution in [0.15, 0.2) is 300 Å². The molecule has 14 rings (SSSR count). The lowest BCUT2D eigenvalue weighted by molar-refractivity contribution is 0.593. The van der Waals surface area contributed by atoms with E-state index < -0.39 is 20.0 Å². The molecule has 2 aromatic heterocycles. The second-order valence-electron chi connectivity index (χ2n) is 22.4. The van der Waals surface area contributed by atoms with Crippen LogP contribution in [0.4, 0.5) is 11.4 Å². The van der Waals surface area contributed by atoms with E-state index in [9.17, 15) is 16.8 Å². The highest BCUT2D eigenvalue weighted by molar-refractivity contribution is 7.93. The molecule has 0 spiro atoms. The maximum atomic E-state index is 14.3. The highest BCUT2D eigenvalue weighted by atomic mass is 32.2. The maximum absolute atomic E-state index is 14.3. The lowest BCUT2D eigenvalue weighted by Crippen LogP contribution is -2.27. The number of aryl methyl sites for hydroxylation is 4. The van der Waals surface area contributed by atoms with Crippen molar-refractivity contribution in [1.82, 2.24) is 9.13 Å². The zero-order valence-corrected chi connectivity index (χ0v) is 50.0. The Hall–Kier alpha value is -9.74. The van der Waals surface area contributed by atoms with Crippen molar-refractivity contribution in [3.63, 3.8) is 0 Å². The molecule has 0 radical (unpaired) electrons. The number of fused-ring (bicyclic) bond motifs is 6. The van der Waals surface area contributed by atoms with Crippen molar-refractivity contribution >= 4 is 53.2 Å². The van der Waals surface area contributed by atoms with E-state index in [0.717, 1.165) is 55.6 Å². The highest BCUT2D eigenvalue weighted by Crippen LogP contribution is 2.49. The molecule has 12 aromatic rings. The lowest BCUT2D eigenvalue weighted by atomic mass is 9.95. The number of allylic oxidation sites excluding steroid dienone is 2. The van der Waals surface area contributed by atoms with Crippen LogP contribution in [0.5, 0.6) is 0 Å². The fourth-order valence-electron chi connectivity index (χ4n) is 12.5. The van der Waals surface area contributed by atoms with Crippen LogP contribution in [-0.2, 0) is 32.9 Å². The number of nitrogens with zero attached hydrogens (tertiary/aromatic N) is 4. The minimum Gasteiger partial charge on any atom is -0.332 e. The van der Waals surface area contributed by atoms with Crippen molar-refractivity contribution in [1.29, 1.82) is 0 Å². The smallest absolute Gasteiger partial charge is 0.268 e. The van der Waals surface area contributed by atoms with Gasteiger partial charge in [0.25, 0.3) is 20.0 Å². The van der Waals surface area contributed by atoms with Gasteiger partial charge in [0.2, 0.25) is 0 Å². The minimum absolute atomic E-state index is 0.167. The van der Waals surface area contributed by atoms with Crippen LogP contribution in [0.25, 0.3) is 44.1 Å². The zero-order chi connectivity index (χ0) is 59.1. The number of rotatable bonds is 12. The van der Waals surface area contributed by atoms with Crippen molar-refractivity contribution in [2.45, 2.75) is 62.4 Å². The Morgan fingerprint density at radius 2 is 0.640 bits per heavy atom. The molecule has 10 aromatic carbocycles. The van der Waals surface area contributed by atoms with Gasteiger partial charge in [-0.15, -0.1) is 0 Å². The molecule has 86 heavy (non-hydrogen) atoms. The van der Waals surface area contributed by atoms with Gasteiger partial charge in [0.1, 0.15) is 0 Å². The molecule has 2 aliphatic heterocycles. The molecule has 2 atom stereocenters. The Labute approximate surface area is 504 Å². The second-order valence-corrected chi connectivity index (χ2v) is 26.1. The summed E-state index contributed by atoms with van der Waals surface area (Å²) in [7, 11) is -7.79. The number of aromatic nitrogens is 2. The highest BCUT2D eigenvalue weighted by Gasteiger charge is 2.38. The second kappa shape index (κ2) is 23.0. The van der Waals surface area contributed by atoms with Crippen molar-refractivity contribution in [3.8, 4) is 22.3 Å². The van der Waals surface area contributed by atoms with Crippen LogP contribution in [-0.4, -0.2) is 26.0 Å². The van der Waals surface area contributed by atoms with Crippen LogP contribution >= 0.6 is 0 Å². The van der Waals surface area contributed by atoms with Gasteiger partial charge in [-0.25, -0.2) is 25.4 Å². The predicted molar refractivity (Wildman–Crippen MR) is 352 cm³/mol. The third-order valence-corrected chi connectivity index (χ3v) is 20.0. The third kappa shape index (κ3) is 10.3. The van der Waals surface area contributed by atoms with E-state index in [1.807, 2.05) is 123 Å². The molecule has 0 saturated heterocycles. The first-order chi connectivity index (χ1) is 41.8. The first kappa shape index (κ1) is 55.4. The van der Waals surface area contributed by atoms with Gasteiger partial charge in [-0.3, -0.25) is 0 Å². The van der Waals surface area contributed by atoms with E-state index in [4.69, 9.17) is 0 Å². The molecular formula is C76H64N4O4S2. The van der Waals surface area contributed by atoms with Crippen LogP contribution in [0.3, 0.4) is 0 Å². The van der Waals surface area contributed by atoms with Gasteiger partial charge in [-0.1, -0.05) is 229 Å². The summed E-state index contributed by atoms with van der Waals surface area (Å²) in [6.45, 7) is 8.12. The number of benzene rings is 10. The molecule has 0 N–H and O–H groups in total. The molecule has 0 saturated carbocycles. The summed E-state index contributed by atoms with van der Waals surface area (Å²) in [5.74, 6) is 0. The molecule has 10 heteroatoms. The van der Waals surface area contributed by atoms with Crippen LogP contribution in [0.2, 0.25) is 0 Å². The van der Waals surface area contributed by atoms with Crippen molar-refractivity contribution in [2.24, 2.45) is 0 Å². The number of anilines is 2. The van der Waals surface area contributed by atoms with Crippen LogP contribution in [0, 0.1) is 27.7 Å². The molecule has 2 aliphatic rings. The van der Waals surface area contributed by atoms with Gasteiger partial charge in [0.15, 0.2) is 0 Å². The number of hydrogen-bond acceptors (Lipinski definition) is 4. The largest absolute Gasteiger partial charge is 0.332 e. The molecule has 0 amide bonds. The van der Waals surface area contributed by atoms with E-state index in [-0.39, 0.29) is 21.9 Å². The van der Waals surface area contributed by atoms with E-state index in [2.05, 4.69) is 169 Å². The summed E-state index contributed by atoms with van der Waals surface area (Å²) >= 11 is 0. The topological polar surface area (TPSA) is 84.6 Å². The fourth-order valence-corrected chi connectivity index (χ4v) is 15.2. The first-order valence-corrected chi connectivity index (χ1v) is 31.9. The third-order valence-electron chi connectivity index (χ3n) is 16.6. The summed E-state index contributed by atoms with van der Waals surface area (Å²) in [5.41, 5.74) is 19.3. The first-order valence-electron chi connectivity index (χ1n) is 29.0. The molecule has 4 heterocycles. The Bertz CT molecular complexity index is 4430. The minimum atomic E-state index is -3.90. The molecule has 424 valence electrons. The van der Waals surface area contributed by atoms with Gasteiger partial charge in [0, 0.05) is 69.6 Å². The average Bonchev–Trinajstić information content (AvgIpc) is 1.63. The lowest BCUT2D eigenvalue weighted by Gasteiger charge is -2.24. The fraction of sp³-hybridized carbons (Fsp3) is 0.105. The molecule has 8 nitrogen and oxygen atoms in total. The Morgan fingerprint density at radius 3 is 0.977 bits per heavy atom. The normalized spacial score (nSPS) is 15.6. The zero-order valence-electron chi connectivity index (χ0n) is 48.4. The standard InChI is InChI=1S/2C38H32N2O2S/c2*1-27-17-21-29(22-18-27)37-34-15-9-10-16-35(34)40-36(37)25-31(38(40)30-11-5-3-6-12-30)26-39(32-13-7-4-8-14-32)43(41,42)33-23-19-28(2)20-24-33/h2*3-24,26,38H,25H2,1-2H3/b2*31-26+/t2*38-/m11/s1. The molecule has 0 aliphatic carbocycles. The molecule has 0 fully saturated rings. The monoisotopic (exact) mass is 1160 g/mol. The van der Waals surface area contributed by atoms with E-state index in [1.165, 1.54) is 53.0 Å². The maximum Gasteiger partial charge on any atom is 0.268 e. The Kier molecular flexibility index (Phi) is 14.8. The summed E-state index contributed by atoms with van der Waals surface area (Å²) in [5, 5.41) is 2.40. The van der Waals surface area contributed by atoms with Crippen LogP contribution < -0.4 is 8.61 Å².